The van der Waals surface area contributed by atoms with Gasteiger partial charge in [0.05, 0.1) is 12.9 Å². The summed E-state index contributed by atoms with van der Waals surface area (Å²) < 4.78 is 71.0. The lowest BCUT2D eigenvalue weighted by atomic mass is 10.1. The summed E-state index contributed by atoms with van der Waals surface area (Å²) in [5.74, 6) is 0.928. The number of phosphoric acid groups is 2. The molecule has 2 aliphatic rings. The van der Waals surface area contributed by atoms with Crippen LogP contribution in [0, 0.1) is 13.8 Å². The first-order chi connectivity index (χ1) is 22.6. The zero-order chi connectivity index (χ0) is 34.9. The highest BCUT2D eigenvalue weighted by Crippen LogP contribution is 2.62. The summed E-state index contributed by atoms with van der Waals surface area (Å²) in [7, 11) is -17.0. The lowest BCUT2D eigenvalue weighted by molar-refractivity contribution is -0.246. The van der Waals surface area contributed by atoms with Crippen molar-refractivity contribution in [1.29, 1.82) is 0 Å². The number of anilines is 1. The Morgan fingerprint density at radius 1 is 0.958 bits per heavy atom. The molecule has 5 unspecified atom stereocenters. The first kappa shape index (κ1) is 37.5. The zero-order valence-corrected chi connectivity index (χ0v) is 30.2. The molecule has 0 aliphatic carbocycles. The maximum Gasteiger partial charge on any atom is 0.279 e. The van der Waals surface area contributed by atoms with Gasteiger partial charge in [0.2, 0.25) is 0 Å². The molecule has 48 heavy (non-hydrogen) atoms. The number of hydrogen-bond acceptors (Lipinski definition) is 17. The van der Waals surface area contributed by atoms with Gasteiger partial charge in [0.15, 0.2) is 36.7 Å². The van der Waals surface area contributed by atoms with Crippen LogP contribution in [0.2, 0.25) is 0 Å². The summed E-state index contributed by atoms with van der Waals surface area (Å²) in [4.78, 5) is 50.9. The minimum atomic E-state index is -6.00. The van der Waals surface area contributed by atoms with Crippen LogP contribution in [0.3, 0.4) is 0 Å². The average molecular weight is 749 g/mol. The molecular formula is C27H37N5O12P3S-3. The average Bonchev–Trinajstić information content (AvgIpc) is 3.69. The molecule has 0 bridgehead atoms. The summed E-state index contributed by atoms with van der Waals surface area (Å²) in [5, 5.41) is -0.0433. The van der Waals surface area contributed by atoms with E-state index < -0.39 is 66.0 Å². The molecule has 17 nitrogen and oxygen atoms in total. The lowest BCUT2D eigenvalue weighted by Crippen LogP contribution is -2.32. The second-order valence-corrected chi connectivity index (χ2v) is 17.3. The van der Waals surface area contributed by atoms with Crippen LogP contribution in [0.5, 0.6) is 0 Å². The highest BCUT2D eigenvalue weighted by atomic mass is 32.2. The van der Waals surface area contributed by atoms with Crippen LogP contribution in [-0.2, 0) is 41.1 Å². The Bertz CT molecular complexity index is 1760. The quantitative estimate of drug-likeness (QED) is 0.0957. The van der Waals surface area contributed by atoms with Gasteiger partial charge in [-0.3, -0.25) is 18.0 Å². The molecule has 0 spiro atoms. The van der Waals surface area contributed by atoms with Crippen LogP contribution in [0.1, 0.15) is 63.3 Å². The molecule has 0 radical (unpaired) electrons. The molecule has 2 fully saturated rings. The first-order valence-corrected chi connectivity index (χ1v) is 20.8. The van der Waals surface area contributed by atoms with Crippen molar-refractivity contribution < 1.29 is 55.7 Å². The van der Waals surface area contributed by atoms with E-state index in [0.717, 1.165) is 43.1 Å². The SMILES string of the molecule is CCCCCC1OC2[C@@H](COP(=O)([O-])OP(=O)([O-])OP(=O)([O-])c3ccc(C)c(C)c3)O[C@@H](n3cnc4c(N)nc(SCCC)nc43)[C@H]2O1. The van der Waals surface area contributed by atoms with Crippen molar-refractivity contribution in [2.45, 2.75) is 95.8 Å². The molecule has 3 aromatic rings. The van der Waals surface area contributed by atoms with Crippen LogP contribution in [0.4, 0.5) is 5.82 Å². The number of benzene rings is 1. The molecule has 8 atom stereocenters. The number of nitrogens with zero attached hydrogens (tertiary/aromatic N) is 4. The molecule has 5 rings (SSSR count). The molecule has 2 saturated heterocycles. The number of fused-ring (bicyclic) bond motifs is 2. The minimum Gasteiger partial charge on any atom is -0.775 e. The fourth-order valence-electron chi connectivity index (χ4n) is 5.22. The second kappa shape index (κ2) is 15.2. The Labute approximate surface area is 281 Å². The number of rotatable bonds is 16. The van der Waals surface area contributed by atoms with E-state index in [1.807, 2.05) is 6.92 Å². The van der Waals surface area contributed by atoms with Gasteiger partial charge in [-0.1, -0.05) is 50.6 Å². The van der Waals surface area contributed by atoms with Crippen LogP contribution in [0.25, 0.3) is 11.2 Å². The molecule has 4 heterocycles. The number of aryl methyl sites for hydroxylation is 2. The standard InChI is InChI=1S/C27H40N5O12P3S/c1-5-7-8-9-20-41-22-19(14-39-46(35,36)44-47(37,38)43-45(33,34)18-11-10-16(3)17(4)13-18)40-26(23(22)42-20)32-15-29-21-24(28)30-27(31-25(21)32)48-12-6-2/h10-11,13,15,19-20,22-23,26H,5-9,12,14H2,1-4H3,(H,33,34)(H,35,36)(H,37,38)(H2,28,30,31)/p-3/t19-,20?,22?,23+,26-/m1/s1. The molecular weight excluding hydrogens is 711 g/mol. The molecule has 21 heteroatoms. The number of imidazole rings is 1. The molecule has 266 valence electrons. The fourth-order valence-corrected chi connectivity index (χ4v) is 9.84. The number of thioether (sulfide) groups is 1. The number of aromatic nitrogens is 4. The Balaban J connectivity index is 1.32. The van der Waals surface area contributed by atoms with E-state index in [1.54, 1.807) is 18.4 Å². The Hall–Kier alpha value is -1.75. The van der Waals surface area contributed by atoms with Crippen molar-refractivity contribution in [1.82, 2.24) is 19.5 Å². The monoisotopic (exact) mass is 748 g/mol. The maximum absolute atomic E-state index is 12.7. The Morgan fingerprint density at radius 2 is 1.71 bits per heavy atom. The van der Waals surface area contributed by atoms with E-state index in [4.69, 9.17) is 24.5 Å². The van der Waals surface area contributed by atoms with E-state index >= 15 is 0 Å². The summed E-state index contributed by atoms with van der Waals surface area (Å²) >= 11 is 1.42. The lowest BCUT2D eigenvalue weighted by Gasteiger charge is -2.35. The van der Waals surface area contributed by atoms with Gasteiger partial charge in [-0.2, -0.15) is 0 Å². The van der Waals surface area contributed by atoms with Crippen molar-refractivity contribution in [3.63, 3.8) is 0 Å². The van der Waals surface area contributed by atoms with Crippen LogP contribution >= 0.6 is 35.0 Å². The topological polar surface area (TPSA) is 245 Å². The number of nitrogens with two attached hydrogens (primary N) is 1. The number of ether oxygens (including phenoxy) is 3. The highest BCUT2D eigenvalue weighted by Gasteiger charge is 2.54. The van der Waals surface area contributed by atoms with Gasteiger partial charge in [0.25, 0.3) is 15.6 Å². The van der Waals surface area contributed by atoms with Gasteiger partial charge in [0, 0.05) is 11.1 Å². The van der Waals surface area contributed by atoms with Crippen molar-refractivity contribution >= 4 is 57.3 Å². The number of phosphoric ester groups is 1. The molecule has 1 aromatic carbocycles. The van der Waals surface area contributed by atoms with E-state index in [1.165, 1.54) is 30.2 Å². The third-order valence-electron chi connectivity index (χ3n) is 7.70. The third-order valence-corrected chi connectivity index (χ3v) is 13.4. The minimum absolute atomic E-state index is 0.168. The van der Waals surface area contributed by atoms with Gasteiger partial charge in [0.1, 0.15) is 23.8 Å². The second-order valence-electron chi connectivity index (χ2n) is 11.4. The Kier molecular flexibility index (Phi) is 11.9. The van der Waals surface area contributed by atoms with E-state index in [-0.39, 0.29) is 5.82 Å². The third kappa shape index (κ3) is 8.75. The van der Waals surface area contributed by atoms with E-state index in [0.29, 0.717) is 28.3 Å². The normalized spacial score (nSPS) is 26.3. The van der Waals surface area contributed by atoms with Crippen LogP contribution < -0.4 is 25.7 Å². The maximum atomic E-state index is 12.7. The predicted molar refractivity (Wildman–Crippen MR) is 169 cm³/mol. The number of unbranched alkanes of at least 4 members (excludes halogenated alkanes) is 2. The predicted octanol–water partition coefficient (Wildman–Crippen LogP) is 2.98. The summed E-state index contributed by atoms with van der Waals surface area (Å²) in [6, 6.07) is 3.76. The molecule has 0 saturated carbocycles. The van der Waals surface area contributed by atoms with Gasteiger partial charge >= 0.3 is 0 Å². The zero-order valence-electron chi connectivity index (χ0n) is 26.7. The first-order valence-electron chi connectivity index (χ1n) is 15.3. The summed E-state index contributed by atoms with van der Waals surface area (Å²) in [6.45, 7) is 6.65. The van der Waals surface area contributed by atoms with Crippen molar-refractivity contribution in [2.24, 2.45) is 0 Å². The highest BCUT2D eigenvalue weighted by molar-refractivity contribution is 7.99. The number of nitrogen functional groups attached to an aromatic ring is 1. The van der Waals surface area contributed by atoms with Crippen molar-refractivity contribution in [2.75, 3.05) is 18.1 Å². The van der Waals surface area contributed by atoms with E-state index in [9.17, 15) is 28.4 Å². The fraction of sp³-hybridized carbons (Fsp3) is 0.593. The van der Waals surface area contributed by atoms with E-state index in [2.05, 4.69) is 30.5 Å². The van der Waals surface area contributed by atoms with Gasteiger partial charge < -0.3 is 43.7 Å². The number of hydrogen-bond donors (Lipinski definition) is 1. The van der Waals surface area contributed by atoms with Gasteiger partial charge in [-0.25, -0.2) is 19.3 Å². The summed E-state index contributed by atoms with van der Waals surface area (Å²) in [6.07, 6.45) is 1.35. The molecule has 2 aliphatic heterocycles. The largest absolute Gasteiger partial charge is 0.775 e. The summed E-state index contributed by atoms with van der Waals surface area (Å²) in [5.41, 5.74) is 8.14. The Morgan fingerprint density at radius 3 is 2.42 bits per heavy atom. The van der Waals surface area contributed by atoms with Crippen molar-refractivity contribution in [3.8, 4) is 0 Å². The molecule has 2 aromatic heterocycles. The van der Waals surface area contributed by atoms with Crippen molar-refractivity contribution in [3.05, 3.63) is 35.7 Å². The molecule has 0 amide bonds. The van der Waals surface area contributed by atoms with Gasteiger partial charge in [-0.15, -0.1) is 0 Å². The van der Waals surface area contributed by atoms with Crippen LogP contribution in [0.15, 0.2) is 29.7 Å². The smallest absolute Gasteiger partial charge is 0.279 e. The van der Waals surface area contributed by atoms with Crippen LogP contribution in [-0.4, -0.2) is 56.5 Å². The molecule has 2 N–H and O–H groups in total. The van der Waals surface area contributed by atoms with Gasteiger partial charge in [-0.05, 0) is 50.3 Å².